The van der Waals surface area contributed by atoms with Gasteiger partial charge in [0.2, 0.25) is 0 Å². The number of aryl methyl sites for hydroxylation is 1. The molecule has 0 aliphatic carbocycles. The van der Waals surface area contributed by atoms with Crippen LogP contribution in [-0.4, -0.2) is 24.5 Å². The summed E-state index contributed by atoms with van der Waals surface area (Å²) in [5.41, 5.74) is 0.330. The molecule has 0 fully saturated rings. The Morgan fingerprint density at radius 3 is 2.56 bits per heavy atom. The van der Waals surface area contributed by atoms with E-state index in [2.05, 4.69) is 20.6 Å². The van der Waals surface area contributed by atoms with Gasteiger partial charge in [-0.1, -0.05) is 23.7 Å². The van der Waals surface area contributed by atoms with Gasteiger partial charge in [0, 0.05) is 24.0 Å². The number of nitrogens with zero attached hydrogens (tertiary/aromatic N) is 2. The van der Waals surface area contributed by atoms with Crippen LogP contribution in [0.25, 0.3) is 0 Å². The van der Waals surface area contributed by atoms with Crippen molar-refractivity contribution in [1.29, 1.82) is 0 Å². The highest BCUT2D eigenvalue weighted by atomic mass is 35.5. The number of alkyl halides is 3. The molecule has 1 heterocycles. The molecule has 2 rings (SSSR count). The maximum atomic E-state index is 12.5. The van der Waals surface area contributed by atoms with Gasteiger partial charge in [-0.2, -0.15) is 13.2 Å². The molecule has 0 spiro atoms. The Morgan fingerprint density at radius 1 is 1.24 bits per heavy atom. The number of thiazole rings is 1. The Labute approximate surface area is 153 Å². The van der Waals surface area contributed by atoms with Crippen molar-refractivity contribution in [3.63, 3.8) is 0 Å². The van der Waals surface area contributed by atoms with Crippen molar-refractivity contribution in [2.24, 2.45) is 4.99 Å². The number of benzene rings is 1. The van der Waals surface area contributed by atoms with E-state index in [-0.39, 0.29) is 6.54 Å². The number of hydrogen-bond acceptors (Lipinski definition) is 3. The average Bonchev–Trinajstić information content (AvgIpc) is 3.05. The van der Waals surface area contributed by atoms with Crippen molar-refractivity contribution in [3.05, 3.63) is 50.9 Å². The summed E-state index contributed by atoms with van der Waals surface area (Å²) in [5, 5.41) is 8.17. The van der Waals surface area contributed by atoms with Crippen LogP contribution >= 0.6 is 22.9 Å². The SMILES string of the molecule is CN=C(NCCCc1ccc(Cl)cc1)NCc1nc(C(F)(F)F)cs1. The van der Waals surface area contributed by atoms with E-state index in [1.807, 2.05) is 24.3 Å². The zero-order valence-corrected chi connectivity index (χ0v) is 15.1. The second-order valence-electron chi connectivity index (χ2n) is 5.21. The number of aliphatic imine (C=N–C) groups is 1. The van der Waals surface area contributed by atoms with E-state index >= 15 is 0 Å². The fraction of sp³-hybridized carbons (Fsp3) is 0.375. The molecule has 2 N–H and O–H groups in total. The normalized spacial score (nSPS) is 12.3. The van der Waals surface area contributed by atoms with Crippen LogP contribution in [0.2, 0.25) is 5.02 Å². The molecule has 0 atom stereocenters. The molecule has 0 radical (unpaired) electrons. The third-order valence-corrected chi connectivity index (χ3v) is 4.42. The number of aromatic nitrogens is 1. The Morgan fingerprint density at radius 2 is 1.96 bits per heavy atom. The molecule has 0 aliphatic heterocycles. The maximum Gasteiger partial charge on any atom is 0.434 e. The predicted octanol–water partition coefficient (Wildman–Crippen LogP) is 4.11. The first-order valence-electron chi connectivity index (χ1n) is 7.59. The highest BCUT2D eigenvalue weighted by Crippen LogP contribution is 2.29. The van der Waals surface area contributed by atoms with Gasteiger partial charge >= 0.3 is 6.18 Å². The fourth-order valence-electron chi connectivity index (χ4n) is 2.05. The first-order valence-corrected chi connectivity index (χ1v) is 8.85. The molecule has 4 nitrogen and oxygen atoms in total. The molecule has 1 aromatic carbocycles. The standard InChI is InChI=1S/C16H18ClF3N4S/c1-21-15(22-8-2-3-11-4-6-12(17)7-5-11)23-9-14-24-13(10-25-14)16(18,19)20/h4-7,10H,2-3,8-9H2,1H3,(H2,21,22,23). The van der Waals surface area contributed by atoms with Gasteiger partial charge in [0.15, 0.2) is 11.7 Å². The van der Waals surface area contributed by atoms with Gasteiger partial charge < -0.3 is 10.6 Å². The van der Waals surface area contributed by atoms with E-state index in [0.29, 0.717) is 22.5 Å². The summed E-state index contributed by atoms with van der Waals surface area (Å²) in [6, 6.07) is 7.67. The van der Waals surface area contributed by atoms with Crippen LogP contribution in [0.3, 0.4) is 0 Å². The Balaban J connectivity index is 1.72. The largest absolute Gasteiger partial charge is 0.434 e. The van der Waals surface area contributed by atoms with Crippen LogP contribution < -0.4 is 10.6 Å². The zero-order chi connectivity index (χ0) is 18.3. The van der Waals surface area contributed by atoms with Gasteiger partial charge in [0.05, 0.1) is 6.54 Å². The minimum absolute atomic E-state index is 0.192. The first-order chi connectivity index (χ1) is 11.9. The average molecular weight is 391 g/mol. The third kappa shape index (κ3) is 6.55. The second kappa shape index (κ2) is 9.05. The minimum atomic E-state index is -4.41. The van der Waals surface area contributed by atoms with Gasteiger partial charge in [-0.3, -0.25) is 4.99 Å². The molecule has 0 saturated carbocycles. The van der Waals surface area contributed by atoms with Crippen LogP contribution in [0.4, 0.5) is 13.2 Å². The summed E-state index contributed by atoms with van der Waals surface area (Å²) >= 11 is 6.81. The molecular weight excluding hydrogens is 373 g/mol. The summed E-state index contributed by atoms with van der Waals surface area (Å²) < 4.78 is 37.5. The van der Waals surface area contributed by atoms with Crippen molar-refractivity contribution in [1.82, 2.24) is 15.6 Å². The van der Waals surface area contributed by atoms with E-state index < -0.39 is 11.9 Å². The summed E-state index contributed by atoms with van der Waals surface area (Å²) in [6.07, 6.45) is -2.63. The Hall–Kier alpha value is -1.80. The van der Waals surface area contributed by atoms with Crippen molar-refractivity contribution in [2.75, 3.05) is 13.6 Å². The van der Waals surface area contributed by atoms with Crippen molar-refractivity contribution < 1.29 is 13.2 Å². The number of hydrogen-bond donors (Lipinski definition) is 2. The van der Waals surface area contributed by atoms with E-state index in [4.69, 9.17) is 11.6 Å². The number of rotatable bonds is 6. The van der Waals surface area contributed by atoms with Gasteiger partial charge in [0.25, 0.3) is 0 Å². The monoisotopic (exact) mass is 390 g/mol. The van der Waals surface area contributed by atoms with Crippen molar-refractivity contribution >= 4 is 28.9 Å². The molecule has 2 aromatic rings. The lowest BCUT2D eigenvalue weighted by molar-refractivity contribution is -0.140. The highest BCUT2D eigenvalue weighted by molar-refractivity contribution is 7.09. The summed E-state index contributed by atoms with van der Waals surface area (Å²) in [5.74, 6) is 0.528. The lowest BCUT2D eigenvalue weighted by atomic mass is 10.1. The molecular formula is C16H18ClF3N4S. The van der Waals surface area contributed by atoms with E-state index in [0.717, 1.165) is 29.6 Å². The summed E-state index contributed by atoms with van der Waals surface area (Å²) in [4.78, 5) is 7.61. The summed E-state index contributed by atoms with van der Waals surface area (Å²) in [7, 11) is 1.61. The first kappa shape index (κ1) is 19.5. The Kier molecular flexibility index (Phi) is 7.07. The van der Waals surface area contributed by atoms with E-state index in [1.165, 1.54) is 5.56 Å². The van der Waals surface area contributed by atoms with Crippen LogP contribution in [0.15, 0.2) is 34.6 Å². The van der Waals surface area contributed by atoms with Crippen LogP contribution in [0.5, 0.6) is 0 Å². The quantitative estimate of drug-likeness (QED) is 0.443. The number of nitrogens with one attached hydrogen (secondary N) is 2. The molecule has 0 bridgehead atoms. The smallest absolute Gasteiger partial charge is 0.356 e. The predicted molar refractivity (Wildman–Crippen MR) is 95.1 cm³/mol. The molecule has 25 heavy (non-hydrogen) atoms. The van der Waals surface area contributed by atoms with E-state index in [1.54, 1.807) is 7.05 Å². The number of guanidine groups is 1. The van der Waals surface area contributed by atoms with Crippen molar-refractivity contribution in [3.8, 4) is 0 Å². The highest BCUT2D eigenvalue weighted by Gasteiger charge is 2.33. The molecule has 9 heteroatoms. The third-order valence-electron chi connectivity index (χ3n) is 3.32. The zero-order valence-electron chi connectivity index (χ0n) is 13.5. The van der Waals surface area contributed by atoms with E-state index in [9.17, 15) is 13.2 Å². The fourth-order valence-corrected chi connectivity index (χ4v) is 2.92. The minimum Gasteiger partial charge on any atom is -0.356 e. The van der Waals surface area contributed by atoms with Crippen LogP contribution in [-0.2, 0) is 19.1 Å². The molecule has 0 amide bonds. The Bertz CT molecular complexity index is 698. The lowest BCUT2D eigenvalue weighted by Crippen LogP contribution is -2.37. The number of halogens is 4. The van der Waals surface area contributed by atoms with Gasteiger partial charge in [0.1, 0.15) is 5.01 Å². The molecule has 136 valence electrons. The topological polar surface area (TPSA) is 49.3 Å². The van der Waals surface area contributed by atoms with Crippen LogP contribution in [0.1, 0.15) is 22.7 Å². The lowest BCUT2D eigenvalue weighted by Gasteiger charge is -2.11. The molecule has 0 unspecified atom stereocenters. The van der Waals surface area contributed by atoms with Crippen LogP contribution in [0, 0.1) is 0 Å². The maximum absolute atomic E-state index is 12.5. The van der Waals surface area contributed by atoms with Gasteiger partial charge in [-0.05, 0) is 30.5 Å². The second-order valence-corrected chi connectivity index (χ2v) is 6.59. The molecule has 0 saturated heterocycles. The van der Waals surface area contributed by atoms with Gasteiger partial charge in [-0.15, -0.1) is 11.3 Å². The molecule has 1 aromatic heterocycles. The van der Waals surface area contributed by atoms with Gasteiger partial charge in [-0.25, -0.2) is 4.98 Å². The van der Waals surface area contributed by atoms with Crippen molar-refractivity contribution in [2.45, 2.75) is 25.6 Å². The summed E-state index contributed by atoms with van der Waals surface area (Å²) in [6.45, 7) is 0.881. The molecule has 0 aliphatic rings.